The fraction of sp³-hybridized carbons (Fsp3) is 0.154. The summed E-state index contributed by atoms with van der Waals surface area (Å²) < 4.78 is 18.8. The van der Waals surface area contributed by atoms with E-state index < -0.39 is 23.5 Å². The van der Waals surface area contributed by atoms with Gasteiger partial charge < -0.3 is 14.7 Å². The van der Waals surface area contributed by atoms with Crippen molar-refractivity contribution < 1.29 is 23.8 Å². The van der Waals surface area contributed by atoms with Crippen LogP contribution < -0.4 is 4.74 Å². The molecule has 0 aromatic heterocycles. The number of nitrogens with zero attached hydrogens (tertiary/aromatic N) is 1. The minimum absolute atomic E-state index is 0.0251. The quantitative estimate of drug-likeness (QED) is 0.355. The molecule has 0 bridgehead atoms. The number of aliphatic hydroxyl groups excluding tert-OH is 1. The largest absolute Gasteiger partial charge is 0.507 e. The number of hydrogen-bond donors (Lipinski definition) is 1. The first-order valence-electron chi connectivity index (χ1n) is 10.2. The van der Waals surface area contributed by atoms with Crippen molar-refractivity contribution in [2.45, 2.75) is 12.5 Å². The van der Waals surface area contributed by atoms with Crippen molar-refractivity contribution >= 4 is 17.4 Å². The molecule has 3 aromatic carbocycles. The molecule has 1 unspecified atom stereocenters. The third-order valence-corrected chi connectivity index (χ3v) is 5.55. The SMILES string of the molecule is COc1cccc(C(O)=C2C(=O)C(=O)N(CCc3ccccc3)C2c2ccc(F)cc2)c1. The molecular weight excluding hydrogens is 409 g/mol. The Morgan fingerprint density at radius 1 is 1.00 bits per heavy atom. The van der Waals surface area contributed by atoms with Gasteiger partial charge in [0.05, 0.1) is 18.7 Å². The molecule has 3 aromatic rings. The number of amides is 1. The highest BCUT2D eigenvalue weighted by atomic mass is 19.1. The molecule has 1 fully saturated rings. The number of Topliss-reactive ketones (excluding diaryl/α,β-unsaturated/α-hetero) is 1. The van der Waals surface area contributed by atoms with Gasteiger partial charge in [0.2, 0.25) is 0 Å². The number of carbonyl (C=O) groups is 2. The van der Waals surface area contributed by atoms with Crippen LogP contribution >= 0.6 is 0 Å². The molecule has 4 rings (SSSR count). The summed E-state index contributed by atoms with van der Waals surface area (Å²) in [5, 5.41) is 11.1. The Hall–Kier alpha value is -3.93. The van der Waals surface area contributed by atoms with E-state index in [4.69, 9.17) is 4.74 Å². The van der Waals surface area contributed by atoms with Crippen LogP contribution in [-0.4, -0.2) is 35.4 Å². The van der Waals surface area contributed by atoms with Crippen LogP contribution in [0.3, 0.4) is 0 Å². The molecule has 0 saturated carbocycles. The average molecular weight is 431 g/mol. The van der Waals surface area contributed by atoms with E-state index in [-0.39, 0.29) is 17.9 Å². The number of benzene rings is 3. The lowest BCUT2D eigenvalue weighted by Gasteiger charge is -2.25. The smallest absolute Gasteiger partial charge is 0.295 e. The minimum Gasteiger partial charge on any atom is -0.507 e. The fourth-order valence-corrected chi connectivity index (χ4v) is 3.92. The maximum absolute atomic E-state index is 13.6. The van der Waals surface area contributed by atoms with Crippen molar-refractivity contribution in [2.75, 3.05) is 13.7 Å². The van der Waals surface area contributed by atoms with Gasteiger partial charge in [-0.15, -0.1) is 0 Å². The van der Waals surface area contributed by atoms with Crippen LogP contribution in [0.25, 0.3) is 5.76 Å². The summed E-state index contributed by atoms with van der Waals surface area (Å²) in [6, 6.07) is 21.0. The van der Waals surface area contributed by atoms with Crippen LogP contribution in [-0.2, 0) is 16.0 Å². The van der Waals surface area contributed by atoms with Gasteiger partial charge >= 0.3 is 0 Å². The summed E-state index contributed by atoms with van der Waals surface area (Å²) in [4.78, 5) is 27.5. The predicted octanol–water partition coefficient (Wildman–Crippen LogP) is 4.50. The zero-order valence-corrected chi connectivity index (χ0v) is 17.5. The Morgan fingerprint density at radius 2 is 1.72 bits per heavy atom. The van der Waals surface area contributed by atoms with Crippen molar-refractivity contribution in [3.8, 4) is 5.75 Å². The third-order valence-electron chi connectivity index (χ3n) is 5.55. The molecule has 32 heavy (non-hydrogen) atoms. The summed E-state index contributed by atoms with van der Waals surface area (Å²) in [5.74, 6) is -1.68. The number of aliphatic hydroxyl groups is 1. The van der Waals surface area contributed by atoms with Crippen LogP contribution in [0.4, 0.5) is 4.39 Å². The van der Waals surface area contributed by atoms with Gasteiger partial charge in [-0.25, -0.2) is 4.39 Å². The first kappa shape index (κ1) is 21.3. The monoisotopic (exact) mass is 431 g/mol. The summed E-state index contributed by atoms with van der Waals surface area (Å²) >= 11 is 0. The minimum atomic E-state index is -0.828. The molecule has 1 amide bonds. The molecule has 6 heteroatoms. The number of halogens is 1. The number of hydrogen-bond acceptors (Lipinski definition) is 4. The number of ketones is 1. The van der Waals surface area contributed by atoms with Gasteiger partial charge in [0.25, 0.3) is 11.7 Å². The maximum Gasteiger partial charge on any atom is 0.295 e. The van der Waals surface area contributed by atoms with Crippen LogP contribution in [0.5, 0.6) is 5.75 Å². The molecule has 1 atom stereocenters. The van der Waals surface area contributed by atoms with Gasteiger partial charge in [0.1, 0.15) is 17.3 Å². The first-order chi connectivity index (χ1) is 15.5. The van der Waals surface area contributed by atoms with Crippen molar-refractivity contribution in [3.05, 3.63) is 107 Å². The topological polar surface area (TPSA) is 66.8 Å². The van der Waals surface area contributed by atoms with E-state index in [0.29, 0.717) is 23.3 Å². The van der Waals surface area contributed by atoms with Crippen LogP contribution in [0.2, 0.25) is 0 Å². The zero-order chi connectivity index (χ0) is 22.7. The Labute approximate surface area is 185 Å². The third kappa shape index (κ3) is 4.12. The number of likely N-dealkylation sites (tertiary alicyclic amines) is 1. The average Bonchev–Trinajstić information content (AvgIpc) is 3.08. The number of carbonyl (C=O) groups excluding carboxylic acids is 2. The van der Waals surface area contributed by atoms with Crippen LogP contribution in [0, 0.1) is 5.82 Å². The highest BCUT2D eigenvalue weighted by Crippen LogP contribution is 2.39. The summed E-state index contributed by atoms with van der Waals surface area (Å²) in [6.45, 7) is 0.269. The maximum atomic E-state index is 13.6. The van der Waals surface area contributed by atoms with Crippen LogP contribution in [0.1, 0.15) is 22.7 Å². The van der Waals surface area contributed by atoms with Gasteiger partial charge in [0, 0.05) is 12.1 Å². The molecule has 0 spiro atoms. The molecule has 162 valence electrons. The summed E-state index contributed by atoms with van der Waals surface area (Å²) in [6.07, 6.45) is 0.532. The number of ether oxygens (including phenoxy) is 1. The van der Waals surface area contributed by atoms with E-state index in [0.717, 1.165) is 5.56 Å². The fourth-order valence-electron chi connectivity index (χ4n) is 3.92. The van der Waals surface area contributed by atoms with E-state index in [1.165, 1.54) is 36.3 Å². The highest BCUT2D eigenvalue weighted by molar-refractivity contribution is 6.46. The Kier molecular flexibility index (Phi) is 6.03. The molecular formula is C26H22FNO4. The second-order valence-corrected chi connectivity index (χ2v) is 7.51. The lowest BCUT2D eigenvalue weighted by molar-refractivity contribution is -0.139. The molecule has 1 heterocycles. The standard InChI is InChI=1S/C26H22FNO4/c1-32-21-9-5-8-19(16-21)24(29)22-23(18-10-12-20(27)13-11-18)28(26(31)25(22)30)15-14-17-6-3-2-4-7-17/h2-13,16,23,29H,14-15H2,1H3. The molecule has 1 saturated heterocycles. The highest BCUT2D eigenvalue weighted by Gasteiger charge is 2.45. The molecule has 0 aliphatic carbocycles. The molecule has 0 radical (unpaired) electrons. The molecule has 1 aliphatic heterocycles. The molecule has 1 aliphatic rings. The van der Waals surface area contributed by atoms with Crippen molar-refractivity contribution in [1.82, 2.24) is 4.90 Å². The van der Waals surface area contributed by atoms with Gasteiger partial charge in [0.15, 0.2) is 0 Å². The van der Waals surface area contributed by atoms with E-state index in [9.17, 15) is 19.1 Å². The molecule has 1 N–H and O–H groups in total. The second kappa shape index (κ2) is 9.06. The number of methoxy groups -OCH3 is 1. The second-order valence-electron chi connectivity index (χ2n) is 7.51. The normalized spacial score (nSPS) is 17.6. The van der Waals surface area contributed by atoms with Gasteiger partial charge in [-0.2, -0.15) is 0 Å². The Balaban J connectivity index is 1.79. The van der Waals surface area contributed by atoms with E-state index in [1.54, 1.807) is 24.3 Å². The molecule has 5 nitrogen and oxygen atoms in total. The van der Waals surface area contributed by atoms with Crippen molar-refractivity contribution in [2.24, 2.45) is 0 Å². The Bertz CT molecular complexity index is 1170. The zero-order valence-electron chi connectivity index (χ0n) is 17.5. The van der Waals surface area contributed by atoms with Gasteiger partial charge in [-0.1, -0.05) is 54.6 Å². The first-order valence-corrected chi connectivity index (χ1v) is 10.2. The lowest BCUT2D eigenvalue weighted by atomic mass is 9.95. The summed E-state index contributed by atoms with van der Waals surface area (Å²) in [5.41, 5.74) is 1.89. The van der Waals surface area contributed by atoms with Crippen molar-refractivity contribution in [1.29, 1.82) is 0 Å². The predicted molar refractivity (Wildman–Crippen MR) is 119 cm³/mol. The van der Waals surface area contributed by atoms with Gasteiger partial charge in [-0.05, 0) is 41.8 Å². The lowest BCUT2D eigenvalue weighted by Crippen LogP contribution is -2.31. The van der Waals surface area contributed by atoms with E-state index in [2.05, 4.69) is 0 Å². The van der Waals surface area contributed by atoms with Crippen molar-refractivity contribution in [3.63, 3.8) is 0 Å². The van der Waals surface area contributed by atoms with Gasteiger partial charge in [-0.3, -0.25) is 9.59 Å². The van der Waals surface area contributed by atoms with Crippen LogP contribution in [0.15, 0.2) is 84.4 Å². The Morgan fingerprint density at radius 3 is 2.41 bits per heavy atom. The van der Waals surface area contributed by atoms with E-state index >= 15 is 0 Å². The van der Waals surface area contributed by atoms with E-state index in [1.807, 2.05) is 30.3 Å². The number of rotatable bonds is 6. The summed E-state index contributed by atoms with van der Waals surface area (Å²) in [7, 11) is 1.50.